The van der Waals surface area contributed by atoms with Gasteiger partial charge in [-0.05, 0) is 55.7 Å². The monoisotopic (exact) mass is 433 g/mol. The molecular weight excluding hydrogens is 418 g/mol. The van der Waals surface area contributed by atoms with E-state index in [2.05, 4.69) is 15.0 Å². The Kier molecular flexibility index (Phi) is 5.09. The van der Waals surface area contributed by atoms with Crippen molar-refractivity contribution in [3.05, 3.63) is 69.7 Å². The largest absolute Gasteiger partial charge is 0.298 e. The number of amides is 1. The lowest BCUT2D eigenvalue weighted by atomic mass is 10.2. The highest BCUT2D eigenvalue weighted by atomic mass is 35.5. The zero-order chi connectivity index (χ0) is 19.7. The Bertz CT molecular complexity index is 1120. The Morgan fingerprint density at radius 1 is 1.07 bits per heavy atom. The highest BCUT2D eigenvalue weighted by molar-refractivity contribution is 7.92. The van der Waals surface area contributed by atoms with Crippen molar-refractivity contribution in [1.82, 2.24) is 4.98 Å². The number of sulfonamides is 1. The first-order valence-corrected chi connectivity index (χ1v) is 11.3. The summed E-state index contributed by atoms with van der Waals surface area (Å²) in [6.45, 7) is 0. The lowest BCUT2D eigenvalue weighted by Gasteiger charge is -2.12. The van der Waals surface area contributed by atoms with Crippen LogP contribution in [0.5, 0.6) is 0 Å². The summed E-state index contributed by atoms with van der Waals surface area (Å²) in [5.74, 6) is -0.415. The highest BCUT2D eigenvalue weighted by Gasteiger charge is 2.21. The lowest BCUT2D eigenvalue weighted by Crippen LogP contribution is -2.18. The molecule has 1 aliphatic rings. The average molecular weight is 434 g/mol. The Morgan fingerprint density at radius 2 is 1.82 bits per heavy atom. The van der Waals surface area contributed by atoms with Gasteiger partial charge in [-0.25, -0.2) is 13.4 Å². The Balaban J connectivity index is 1.57. The number of halogens is 1. The second-order valence-corrected chi connectivity index (χ2v) is 9.50. The molecule has 1 amide bonds. The summed E-state index contributed by atoms with van der Waals surface area (Å²) in [5, 5.41) is 3.75. The molecular formula is C19H16ClN3O3S2. The third kappa shape index (κ3) is 3.89. The molecule has 9 heteroatoms. The van der Waals surface area contributed by atoms with Gasteiger partial charge < -0.3 is 0 Å². The molecule has 2 aromatic carbocycles. The van der Waals surface area contributed by atoms with Crippen LogP contribution < -0.4 is 10.0 Å². The minimum absolute atomic E-state index is 0.0588. The molecule has 0 aliphatic heterocycles. The summed E-state index contributed by atoms with van der Waals surface area (Å²) in [6, 6.07) is 12.3. The van der Waals surface area contributed by atoms with Crippen LogP contribution in [0.25, 0.3) is 0 Å². The molecule has 144 valence electrons. The van der Waals surface area contributed by atoms with Gasteiger partial charge in [0.25, 0.3) is 15.9 Å². The van der Waals surface area contributed by atoms with E-state index in [0.29, 0.717) is 10.2 Å². The predicted octanol–water partition coefficient (Wildman–Crippen LogP) is 4.34. The fraction of sp³-hybridized carbons (Fsp3) is 0.158. The number of thiazole rings is 1. The number of aryl methyl sites for hydroxylation is 2. The maximum atomic E-state index is 12.7. The Morgan fingerprint density at radius 3 is 2.57 bits per heavy atom. The molecule has 0 unspecified atom stereocenters. The van der Waals surface area contributed by atoms with Crippen molar-refractivity contribution in [2.24, 2.45) is 0 Å². The molecule has 0 radical (unpaired) electrons. The van der Waals surface area contributed by atoms with Crippen LogP contribution in [0.1, 0.15) is 27.3 Å². The van der Waals surface area contributed by atoms with E-state index in [1.807, 2.05) is 0 Å². The summed E-state index contributed by atoms with van der Waals surface area (Å²) in [4.78, 5) is 18.4. The van der Waals surface area contributed by atoms with Crippen molar-refractivity contribution >= 4 is 49.7 Å². The minimum Gasteiger partial charge on any atom is -0.298 e. The molecule has 0 saturated heterocycles. The third-order valence-electron chi connectivity index (χ3n) is 4.36. The predicted molar refractivity (Wildman–Crippen MR) is 111 cm³/mol. The van der Waals surface area contributed by atoms with Gasteiger partial charge in [0.15, 0.2) is 5.13 Å². The van der Waals surface area contributed by atoms with Crippen molar-refractivity contribution in [2.75, 3.05) is 10.0 Å². The smallest absolute Gasteiger partial charge is 0.261 e. The topological polar surface area (TPSA) is 88.2 Å². The number of rotatable bonds is 5. The summed E-state index contributed by atoms with van der Waals surface area (Å²) >= 11 is 7.29. The molecule has 1 aromatic heterocycles. The van der Waals surface area contributed by atoms with Gasteiger partial charge in [0.05, 0.1) is 21.8 Å². The van der Waals surface area contributed by atoms with Crippen LogP contribution in [0.3, 0.4) is 0 Å². The van der Waals surface area contributed by atoms with Crippen LogP contribution in [0.4, 0.5) is 10.8 Å². The van der Waals surface area contributed by atoms with Gasteiger partial charge in [0.1, 0.15) is 0 Å². The number of hydrogen-bond donors (Lipinski definition) is 2. The minimum atomic E-state index is -3.86. The van der Waals surface area contributed by atoms with Crippen LogP contribution in [0.15, 0.2) is 53.4 Å². The van der Waals surface area contributed by atoms with Crippen molar-refractivity contribution in [3.8, 4) is 0 Å². The number of anilines is 2. The molecule has 0 atom stereocenters. The fourth-order valence-corrected chi connectivity index (χ4v) is 5.25. The van der Waals surface area contributed by atoms with Crippen molar-refractivity contribution in [2.45, 2.75) is 24.2 Å². The SMILES string of the molecule is O=C(Nc1nc2c(s1)CCC2)c1ccccc1NS(=O)(=O)c1ccc(Cl)cc1. The highest BCUT2D eigenvalue weighted by Crippen LogP contribution is 2.31. The van der Waals surface area contributed by atoms with Gasteiger partial charge in [0.2, 0.25) is 0 Å². The number of carbonyl (C=O) groups is 1. The summed E-state index contributed by atoms with van der Waals surface area (Å²) < 4.78 is 27.8. The third-order valence-corrected chi connectivity index (χ3v) is 7.06. The molecule has 3 aromatic rings. The quantitative estimate of drug-likeness (QED) is 0.626. The van der Waals surface area contributed by atoms with Gasteiger partial charge in [-0.1, -0.05) is 23.7 Å². The number of benzene rings is 2. The molecule has 4 rings (SSSR count). The second kappa shape index (κ2) is 7.54. The first-order chi connectivity index (χ1) is 13.4. The van der Waals surface area contributed by atoms with E-state index in [1.165, 1.54) is 40.5 Å². The van der Waals surface area contributed by atoms with Crippen molar-refractivity contribution in [1.29, 1.82) is 0 Å². The van der Waals surface area contributed by atoms with Crippen LogP contribution in [-0.2, 0) is 22.9 Å². The average Bonchev–Trinajstić information content (AvgIpc) is 3.23. The van der Waals surface area contributed by atoms with Gasteiger partial charge in [-0.2, -0.15) is 0 Å². The van der Waals surface area contributed by atoms with Crippen LogP contribution in [0, 0.1) is 0 Å². The molecule has 0 saturated carbocycles. The van der Waals surface area contributed by atoms with Crippen LogP contribution >= 0.6 is 22.9 Å². The van der Waals surface area contributed by atoms with E-state index in [4.69, 9.17) is 11.6 Å². The number of carbonyl (C=O) groups excluding carboxylic acids is 1. The summed E-state index contributed by atoms with van der Waals surface area (Å²) in [6.07, 6.45) is 3.01. The maximum absolute atomic E-state index is 12.7. The van der Waals surface area contributed by atoms with E-state index >= 15 is 0 Å². The zero-order valence-electron chi connectivity index (χ0n) is 14.6. The summed E-state index contributed by atoms with van der Waals surface area (Å²) in [7, 11) is -3.86. The first-order valence-electron chi connectivity index (χ1n) is 8.60. The van der Waals surface area contributed by atoms with E-state index in [0.717, 1.165) is 25.0 Å². The van der Waals surface area contributed by atoms with Gasteiger partial charge >= 0.3 is 0 Å². The Hall–Kier alpha value is -2.42. The molecule has 0 bridgehead atoms. The number of nitrogens with one attached hydrogen (secondary N) is 2. The van der Waals surface area contributed by atoms with Crippen LogP contribution in [-0.4, -0.2) is 19.3 Å². The molecule has 6 nitrogen and oxygen atoms in total. The first kappa shape index (κ1) is 18.9. The second-order valence-electron chi connectivity index (χ2n) is 6.30. The number of hydrogen-bond acceptors (Lipinski definition) is 5. The van der Waals surface area contributed by atoms with E-state index < -0.39 is 15.9 Å². The van der Waals surface area contributed by atoms with Gasteiger partial charge in [-0.15, -0.1) is 11.3 Å². The molecule has 0 fully saturated rings. The molecule has 1 heterocycles. The van der Waals surface area contributed by atoms with E-state index in [9.17, 15) is 13.2 Å². The van der Waals surface area contributed by atoms with E-state index in [1.54, 1.807) is 24.3 Å². The normalized spacial score (nSPS) is 13.2. The van der Waals surface area contributed by atoms with Crippen molar-refractivity contribution < 1.29 is 13.2 Å². The molecule has 1 aliphatic carbocycles. The van der Waals surface area contributed by atoms with Gasteiger partial charge in [-0.3, -0.25) is 14.8 Å². The maximum Gasteiger partial charge on any atom is 0.261 e. The van der Waals surface area contributed by atoms with Crippen LogP contribution in [0.2, 0.25) is 5.02 Å². The molecule has 0 spiro atoms. The number of aromatic nitrogens is 1. The standard InChI is InChI=1S/C19H16ClN3O3S2/c20-12-8-10-13(11-9-12)28(25,26)23-15-5-2-1-4-14(15)18(24)22-19-21-16-6-3-7-17(16)27-19/h1-2,4-5,8-11,23H,3,6-7H2,(H,21,22,24). The zero-order valence-corrected chi connectivity index (χ0v) is 17.0. The molecule has 2 N–H and O–H groups in total. The number of fused-ring (bicyclic) bond motifs is 1. The van der Waals surface area contributed by atoms with Crippen molar-refractivity contribution in [3.63, 3.8) is 0 Å². The lowest BCUT2D eigenvalue weighted by molar-refractivity contribution is 0.102. The number of para-hydroxylation sites is 1. The number of nitrogens with zero attached hydrogens (tertiary/aromatic N) is 1. The summed E-state index contributed by atoms with van der Waals surface area (Å²) in [5.41, 5.74) is 1.45. The molecule has 28 heavy (non-hydrogen) atoms. The fourth-order valence-electron chi connectivity index (χ4n) is 3.00. The Labute approximate surface area is 171 Å². The van der Waals surface area contributed by atoms with E-state index in [-0.39, 0.29) is 16.1 Å². The van der Waals surface area contributed by atoms with Gasteiger partial charge in [0, 0.05) is 9.90 Å².